The number of hydrogen-bond donors (Lipinski definition) is 0. The van der Waals surface area contributed by atoms with Crippen LogP contribution in [0.25, 0.3) is 0 Å². The average molecular weight is 490 g/mol. The number of nitrogens with zero attached hydrogens (tertiary/aromatic N) is 4. The molecule has 0 N–H and O–H groups in total. The minimum atomic E-state index is -1.08. The second kappa shape index (κ2) is 8.48. The molecular weight excluding hydrogens is 472 g/mol. The molecule has 3 aliphatic rings. The minimum absolute atomic E-state index is 0.120. The van der Waals surface area contributed by atoms with Gasteiger partial charge in [-0.2, -0.15) is 5.01 Å². The van der Waals surface area contributed by atoms with Crippen LogP contribution in [-0.2, 0) is 9.59 Å². The highest BCUT2D eigenvalue weighted by Gasteiger charge is 2.61. The van der Waals surface area contributed by atoms with Crippen molar-refractivity contribution in [2.75, 3.05) is 6.54 Å². The Hall–Kier alpha value is -4.74. The van der Waals surface area contributed by atoms with Gasteiger partial charge in [0.25, 0.3) is 29.1 Å². The third-order valence-electron chi connectivity index (χ3n) is 6.93. The molecule has 0 aromatic heterocycles. The van der Waals surface area contributed by atoms with Gasteiger partial charge >= 0.3 is 0 Å². The fourth-order valence-electron chi connectivity index (χ4n) is 5.33. The highest BCUT2D eigenvalue weighted by Crippen LogP contribution is 2.52. The maximum absolute atomic E-state index is 13.6. The summed E-state index contributed by atoms with van der Waals surface area (Å²) >= 11 is 0. The van der Waals surface area contributed by atoms with Gasteiger partial charge in [0.15, 0.2) is 5.78 Å². The predicted octanol–water partition coefficient (Wildman–Crippen LogP) is 2.55. The van der Waals surface area contributed by atoms with Crippen molar-refractivity contribution >= 4 is 34.9 Å². The summed E-state index contributed by atoms with van der Waals surface area (Å²) in [5, 5.41) is 23.9. The van der Waals surface area contributed by atoms with E-state index in [-0.39, 0.29) is 23.1 Å². The van der Waals surface area contributed by atoms with Crippen LogP contribution in [0.2, 0.25) is 0 Å². The number of amides is 3. The van der Waals surface area contributed by atoms with E-state index in [1.807, 2.05) is 12.2 Å². The topological polar surface area (TPSA) is 161 Å². The van der Waals surface area contributed by atoms with Gasteiger partial charge < -0.3 is 0 Å². The second-order valence-corrected chi connectivity index (χ2v) is 8.86. The van der Waals surface area contributed by atoms with Gasteiger partial charge in [-0.3, -0.25) is 39.4 Å². The van der Waals surface area contributed by atoms with E-state index in [4.69, 9.17) is 0 Å². The number of allylic oxidation sites excluding steroid dienone is 2. The van der Waals surface area contributed by atoms with Crippen LogP contribution in [0, 0.1) is 43.9 Å². The lowest BCUT2D eigenvalue weighted by Crippen LogP contribution is -2.52. The first-order valence-electron chi connectivity index (χ1n) is 11.1. The first kappa shape index (κ1) is 23.0. The SMILES string of the molecule is O=C(CN(C(=O)c1ccccc1[N+](=O)[O-])N1C(=O)[C@@H]2[C@@H](C1=O)[C@H]1C=C[C@H]2C1)c1cccc([N+](=O)[O-])c1. The molecule has 1 heterocycles. The van der Waals surface area contributed by atoms with Crippen molar-refractivity contribution in [1.29, 1.82) is 0 Å². The van der Waals surface area contributed by atoms with E-state index in [2.05, 4.69) is 0 Å². The Bertz CT molecular complexity index is 1360. The van der Waals surface area contributed by atoms with Crippen molar-refractivity contribution in [1.82, 2.24) is 10.0 Å². The van der Waals surface area contributed by atoms with Crippen LogP contribution in [0.1, 0.15) is 27.1 Å². The molecule has 12 heteroatoms. The summed E-state index contributed by atoms with van der Waals surface area (Å²) in [5.41, 5.74) is -1.45. The molecule has 2 aromatic rings. The molecule has 1 aliphatic heterocycles. The van der Waals surface area contributed by atoms with Crippen LogP contribution in [0.3, 0.4) is 0 Å². The predicted molar refractivity (Wildman–Crippen MR) is 121 cm³/mol. The Kier molecular flexibility index (Phi) is 5.43. The molecule has 5 rings (SSSR count). The average Bonchev–Trinajstić information content (AvgIpc) is 3.56. The molecule has 0 spiro atoms. The fourth-order valence-corrected chi connectivity index (χ4v) is 5.33. The van der Waals surface area contributed by atoms with Crippen molar-refractivity contribution < 1.29 is 29.0 Å². The van der Waals surface area contributed by atoms with Gasteiger partial charge in [-0.05, 0) is 24.3 Å². The number of rotatable bonds is 7. The van der Waals surface area contributed by atoms with Crippen LogP contribution in [0.15, 0.2) is 60.7 Å². The number of hydrazine groups is 1. The van der Waals surface area contributed by atoms with Crippen molar-refractivity contribution in [3.63, 3.8) is 0 Å². The number of Topliss-reactive ketones (excluding diaryl/α,β-unsaturated/α-hetero) is 1. The van der Waals surface area contributed by atoms with Crippen LogP contribution in [-0.4, -0.2) is 49.9 Å². The van der Waals surface area contributed by atoms with Gasteiger partial charge in [-0.15, -0.1) is 0 Å². The molecule has 3 amide bonds. The van der Waals surface area contributed by atoms with E-state index in [0.29, 0.717) is 16.4 Å². The summed E-state index contributed by atoms with van der Waals surface area (Å²) in [6.45, 7) is -0.828. The van der Waals surface area contributed by atoms with E-state index in [1.54, 1.807) is 0 Å². The summed E-state index contributed by atoms with van der Waals surface area (Å²) < 4.78 is 0. The van der Waals surface area contributed by atoms with Gasteiger partial charge in [0.1, 0.15) is 12.1 Å². The number of fused-ring (bicyclic) bond motifs is 5. The monoisotopic (exact) mass is 490 g/mol. The number of benzene rings is 2. The number of hydrogen-bond acceptors (Lipinski definition) is 8. The number of carbonyl (C=O) groups is 4. The molecule has 0 unspecified atom stereocenters. The zero-order valence-corrected chi connectivity index (χ0v) is 18.6. The van der Waals surface area contributed by atoms with Gasteiger partial charge in [-0.25, -0.2) is 5.01 Å². The normalized spacial score (nSPS) is 23.6. The Balaban J connectivity index is 1.54. The third-order valence-corrected chi connectivity index (χ3v) is 6.93. The van der Waals surface area contributed by atoms with E-state index >= 15 is 0 Å². The third kappa shape index (κ3) is 3.54. The number of nitro benzene ring substituents is 2. The van der Waals surface area contributed by atoms with Gasteiger partial charge in [0.05, 0.1) is 21.7 Å². The molecule has 182 valence electrons. The molecule has 1 saturated heterocycles. The lowest BCUT2D eigenvalue weighted by atomic mass is 9.85. The Morgan fingerprint density at radius 1 is 0.917 bits per heavy atom. The Morgan fingerprint density at radius 2 is 1.56 bits per heavy atom. The maximum atomic E-state index is 13.6. The molecule has 4 atom stereocenters. The Morgan fingerprint density at radius 3 is 2.17 bits per heavy atom. The van der Waals surface area contributed by atoms with E-state index in [9.17, 15) is 39.4 Å². The number of para-hydroxylation sites is 1. The number of carbonyl (C=O) groups excluding carboxylic acids is 4. The van der Waals surface area contributed by atoms with Crippen LogP contribution < -0.4 is 0 Å². The van der Waals surface area contributed by atoms with Crippen LogP contribution in [0.4, 0.5) is 11.4 Å². The standard InChI is InChI=1S/C24H18N4O8/c29-19(13-4-3-5-16(11-13)27(33)34)12-25(22(30)17-6-1-2-7-18(17)28(35)36)26-23(31)20-14-8-9-15(10-14)21(20)24(26)32/h1-9,11,14-15,20-21H,10,12H2/t14-,15-,20-,21-/m0/s1. The molecule has 2 aliphatic carbocycles. The van der Waals surface area contributed by atoms with E-state index in [0.717, 1.165) is 12.1 Å². The van der Waals surface area contributed by atoms with Crippen LogP contribution in [0.5, 0.6) is 0 Å². The fraction of sp³-hybridized carbons (Fsp3) is 0.250. The van der Waals surface area contributed by atoms with Crippen molar-refractivity contribution in [2.45, 2.75) is 6.42 Å². The summed E-state index contributed by atoms with van der Waals surface area (Å²) in [4.78, 5) is 74.7. The molecular formula is C24H18N4O8. The van der Waals surface area contributed by atoms with Crippen molar-refractivity contribution in [3.8, 4) is 0 Å². The summed E-state index contributed by atoms with van der Waals surface area (Å²) in [6, 6.07) is 9.80. The molecule has 2 aromatic carbocycles. The highest BCUT2D eigenvalue weighted by molar-refractivity contribution is 6.11. The molecule has 0 radical (unpaired) electrons. The smallest absolute Gasteiger partial charge is 0.282 e. The van der Waals surface area contributed by atoms with Gasteiger partial charge in [0.2, 0.25) is 0 Å². The first-order valence-corrected chi connectivity index (χ1v) is 11.1. The highest BCUT2D eigenvalue weighted by atomic mass is 16.6. The number of imide groups is 1. The van der Waals surface area contributed by atoms with Crippen LogP contribution >= 0.6 is 0 Å². The largest absolute Gasteiger partial charge is 0.292 e. The van der Waals surface area contributed by atoms with Crippen molar-refractivity contribution in [3.05, 3.63) is 92.0 Å². The maximum Gasteiger partial charge on any atom is 0.282 e. The summed E-state index contributed by atoms with van der Waals surface area (Å²) in [5.74, 6) is -4.87. The minimum Gasteiger partial charge on any atom is -0.292 e. The quantitative estimate of drug-likeness (QED) is 0.188. The summed E-state index contributed by atoms with van der Waals surface area (Å²) in [6.07, 6.45) is 4.37. The molecule has 12 nitrogen and oxygen atoms in total. The first-order chi connectivity index (χ1) is 17.2. The summed E-state index contributed by atoms with van der Waals surface area (Å²) in [7, 11) is 0. The van der Waals surface area contributed by atoms with E-state index < -0.39 is 63.0 Å². The lowest BCUT2D eigenvalue weighted by Gasteiger charge is -2.30. The molecule has 1 saturated carbocycles. The van der Waals surface area contributed by atoms with E-state index in [1.165, 1.54) is 36.4 Å². The number of non-ortho nitro benzene ring substituents is 1. The number of nitro groups is 2. The molecule has 2 fully saturated rings. The lowest BCUT2D eigenvalue weighted by molar-refractivity contribution is -0.385. The molecule has 36 heavy (non-hydrogen) atoms. The van der Waals surface area contributed by atoms with Gasteiger partial charge in [0, 0.05) is 23.8 Å². The number of ketones is 1. The van der Waals surface area contributed by atoms with Gasteiger partial charge in [-0.1, -0.05) is 36.4 Å². The van der Waals surface area contributed by atoms with Crippen molar-refractivity contribution in [2.24, 2.45) is 23.7 Å². The zero-order chi connectivity index (χ0) is 25.7. The zero-order valence-electron chi connectivity index (χ0n) is 18.6. The molecule has 2 bridgehead atoms. The second-order valence-electron chi connectivity index (χ2n) is 8.86. The Labute approximate surface area is 203 Å².